The van der Waals surface area contributed by atoms with E-state index < -0.39 is 11.7 Å². The molecule has 2 aromatic rings. The number of carbonyl (C=O) groups is 1. The van der Waals surface area contributed by atoms with E-state index >= 15 is 0 Å². The van der Waals surface area contributed by atoms with Gasteiger partial charge in [0.05, 0.1) is 10.6 Å². The fourth-order valence-electron chi connectivity index (χ4n) is 1.76. The van der Waals surface area contributed by atoms with E-state index in [9.17, 15) is 14.3 Å². The largest absolute Gasteiger partial charge is 0.508 e. The molecule has 4 nitrogen and oxygen atoms in total. The number of primary amides is 1. The SMILES string of the molecule is NC(=O)c1cc(NCc2cc(O)cc(F)c2)ccc1Cl. The fraction of sp³-hybridized carbons (Fsp3) is 0.0714. The van der Waals surface area contributed by atoms with Gasteiger partial charge in [-0.1, -0.05) is 11.6 Å². The van der Waals surface area contributed by atoms with Crippen molar-refractivity contribution >= 4 is 23.2 Å². The van der Waals surface area contributed by atoms with Gasteiger partial charge < -0.3 is 16.2 Å². The monoisotopic (exact) mass is 294 g/mol. The topological polar surface area (TPSA) is 75.4 Å². The third kappa shape index (κ3) is 3.39. The number of halogens is 2. The van der Waals surface area contributed by atoms with Gasteiger partial charge >= 0.3 is 0 Å². The summed E-state index contributed by atoms with van der Waals surface area (Å²) in [6, 6.07) is 8.51. The zero-order valence-corrected chi connectivity index (χ0v) is 11.1. The maximum Gasteiger partial charge on any atom is 0.250 e. The molecule has 2 rings (SSSR count). The molecule has 0 spiro atoms. The lowest BCUT2D eigenvalue weighted by Crippen LogP contribution is -2.12. The molecule has 0 aliphatic rings. The lowest BCUT2D eigenvalue weighted by Gasteiger charge is -2.09. The van der Waals surface area contributed by atoms with Gasteiger partial charge in [0.15, 0.2) is 0 Å². The fourth-order valence-corrected chi connectivity index (χ4v) is 1.97. The first-order valence-electron chi connectivity index (χ1n) is 5.77. The van der Waals surface area contributed by atoms with Gasteiger partial charge in [0.25, 0.3) is 0 Å². The third-order valence-corrected chi connectivity index (χ3v) is 3.00. The molecule has 0 saturated carbocycles. The number of benzene rings is 2. The average molecular weight is 295 g/mol. The Balaban J connectivity index is 2.14. The van der Waals surface area contributed by atoms with Gasteiger partial charge in [0.2, 0.25) is 5.91 Å². The van der Waals surface area contributed by atoms with Crippen molar-refractivity contribution in [1.82, 2.24) is 0 Å². The Morgan fingerprint density at radius 2 is 2.05 bits per heavy atom. The van der Waals surface area contributed by atoms with Gasteiger partial charge in [-0.25, -0.2) is 4.39 Å². The van der Waals surface area contributed by atoms with Crippen LogP contribution in [0.4, 0.5) is 10.1 Å². The summed E-state index contributed by atoms with van der Waals surface area (Å²) in [7, 11) is 0. The molecular weight excluding hydrogens is 283 g/mol. The number of phenols is 1. The van der Waals surface area contributed by atoms with Crippen molar-refractivity contribution in [1.29, 1.82) is 0 Å². The number of carbonyl (C=O) groups excluding carboxylic acids is 1. The highest BCUT2D eigenvalue weighted by Gasteiger charge is 2.07. The second kappa shape index (κ2) is 5.79. The number of nitrogens with one attached hydrogen (secondary N) is 1. The first-order valence-corrected chi connectivity index (χ1v) is 6.15. The van der Waals surface area contributed by atoms with Crippen LogP contribution in [0.5, 0.6) is 5.75 Å². The summed E-state index contributed by atoms with van der Waals surface area (Å²) in [6.07, 6.45) is 0. The highest BCUT2D eigenvalue weighted by molar-refractivity contribution is 6.33. The van der Waals surface area contributed by atoms with E-state index in [-0.39, 0.29) is 22.9 Å². The summed E-state index contributed by atoms with van der Waals surface area (Å²) in [6.45, 7) is 0.283. The molecule has 6 heteroatoms. The molecule has 0 saturated heterocycles. The molecule has 104 valence electrons. The predicted octanol–water partition coefficient (Wildman–Crippen LogP) is 2.90. The van der Waals surface area contributed by atoms with Gasteiger partial charge in [-0.2, -0.15) is 0 Å². The first-order chi connectivity index (χ1) is 9.45. The molecule has 0 bridgehead atoms. The minimum absolute atomic E-state index is 0.143. The highest BCUT2D eigenvalue weighted by Crippen LogP contribution is 2.21. The average Bonchev–Trinajstić information content (AvgIpc) is 2.36. The lowest BCUT2D eigenvalue weighted by molar-refractivity contribution is 0.100. The predicted molar refractivity (Wildman–Crippen MR) is 75.4 cm³/mol. The lowest BCUT2D eigenvalue weighted by atomic mass is 10.1. The molecule has 1 amide bonds. The second-order valence-electron chi connectivity index (χ2n) is 4.23. The Morgan fingerprint density at radius 3 is 2.70 bits per heavy atom. The van der Waals surface area contributed by atoms with Crippen molar-refractivity contribution < 1.29 is 14.3 Å². The number of hydrogen-bond donors (Lipinski definition) is 3. The van der Waals surface area contributed by atoms with E-state index in [1.54, 1.807) is 12.1 Å². The number of anilines is 1. The van der Waals surface area contributed by atoms with Crippen molar-refractivity contribution in [3.05, 3.63) is 58.4 Å². The molecule has 0 radical (unpaired) electrons. The van der Waals surface area contributed by atoms with Gasteiger partial charge in [-0.3, -0.25) is 4.79 Å². The van der Waals surface area contributed by atoms with Crippen molar-refractivity contribution in [3.8, 4) is 5.75 Å². The van der Waals surface area contributed by atoms with Crippen molar-refractivity contribution in [2.45, 2.75) is 6.54 Å². The van der Waals surface area contributed by atoms with Crippen molar-refractivity contribution in [2.75, 3.05) is 5.32 Å². The van der Waals surface area contributed by atoms with Crippen LogP contribution in [0.3, 0.4) is 0 Å². The maximum atomic E-state index is 13.1. The minimum atomic E-state index is -0.623. The molecule has 0 atom stereocenters. The van der Waals surface area contributed by atoms with Crippen LogP contribution >= 0.6 is 11.6 Å². The maximum absolute atomic E-state index is 13.1. The summed E-state index contributed by atoms with van der Waals surface area (Å²) >= 11 is 5.84. The summed E-state index contributed by atoms with van der Waals surface area (Å²) < 4.78 is 13.1. The zero-order chi connectivity index (χ0) is 14.7. The van der Waals surface area contributed by atoms with E-state index in [4.69, 9.17) is 17.3 Å². The van der Waals surface area contributed by atoms with E-state index in [1.807, 2.05) is 0 Å². The number of hydrogen-bond acceptors (Lipinski definition) is 3. The van der Waals surface area contributed by atoms with Gasteiger partial charge in [-0.15, -0.1) is 0 Å². The molecule has 2 aromatic carbocycles. The van der Waals surface area contributed by atoms with Crippen LogP contribution in [-0.2, 0) is 6.54 Å². The van der Waals surface area contributed by atoms with E-state index in [2.05, 4.69) is 5.32 Å². The van der Waals surface area contributed by atoms with E-state index in [0.29, 0.717) is 11.3 Å². The normalized spacial score (nSPS) is 10.3. The molecule has 0 aliphatic heterocycles. The smallest absolute Gasteiger partial charge is 0.250 e. The Bertz CT molecular complexity index is 641. The molecule has 0 aliphatic carbocycles. The van der Waals surface area contributed by atoms with E-state index in [0.717, 1.165) is 6.07 Å². The van der Waals surface area contributed by atoms with Crippen LogP contribution in [0, 0.1) is 5.82 Å². The molecule has 0 fully saturated rings. The van der Waals surface area contributed by atoms with Crippen molar-refractivity contribution in [3.63, 3.8) is 0 Å². The van der Waals surface area contributed by atoms with Crippen LogP contribution in [0.2, 0.25) is 5.02 Å². The summed E-state index contributed by atoms with van der Waals surface area (Å²) in [4.78, 5) is 11.2. The molecule has 4 N–H and O–H groups in total. The van der Waals surface area contributed by atoms with Crippen LogP contribution in [0.1, 0.15) is 15.9 Å². The van der Waals surface area contributed by atoms with Gasteiger partial charge in [-0.05, 0) is 35.9 Å². The number of nitrogens with two attached hydrogens (primary N) is 1. The Labute approximate surface area is 120 Å². The standard InChI is InChI=1S/C14H12ClFN2O2/c15-13-2-1-10(6-12(13)14(17)20)18-7-8-3-9(16)5-11(19)4-8/h1-6,18-19H,7H2,(H2,17,20). The number of rotatable bonds is 4. The third-order valence-electron chi connectivity index (χ3n) is 2.67. The zero-order valence-electron chi connectivity index (χ0n) is 10.4. The quantitative estimate of drug-likeness (QED) is 0.811. The van der Waals surface area contributed by atoms with Crippen molar-refractivity contribution in [2.24, 2.45) is 5.73 Å². The minimum Gasteiger partial charge on any atom is -0.508 e. The number of phenolic OH excluding ortho intramolecular Hbond substituents is 1. The summed E-state index contributed by atoms with van der Waals surface area (Å²) in [5, 5.41) is 12.6. The molecular formula is C14H12ClFN2O2. The van der Waals surface area contributed by atoms with Gasteiger partial charge in [0, 0.05) is 18.3 Å². The molecule has 0 aromatic heterocycles. The van der Waals surface area contributed by atoms with Crippen LogP contribution in [-0.4, -0.2) is 11.0 Å². The second-order valence-corrected chi connectivity index (χ2v) is 4.64. The molecule has 0 unspecified atom stereocenters. The Morgan fingerprint density at radius 1 is 1.30 bits per heavy atom. The molecule has 0 heterocycles. The van der Waals surface area contributed by atoms with Crippen LogP contribution in [0.25, 0.3) is 0 Å². The summed E-state index contributed by atoms with van der Waals surface area (Å²) in [5.74, 6) is -1.28. The first kappa shape index (κ1) is 14.1. The highest BCUT2D eigenvalue weighted by atomic mass is 35.5. The molecule has 20 heavy (non-hydrogen) atoms. The van der Waals surface area contributed by atoms with E-state index in [1.165, 1.54) is 18.2 Å². The van der Waals surface area contributed by atoms with Crippen LogP contribution in [0.15, 0.2) is 36.4 Å². The Hall–Kier alpha value is -2.27. The van der Waals surface area contributed by atoms with Gasteiger partial charge in [0.1, 0.15) is 11.6 Å². The Kier molecular flexibility index (Phi) is 4.10. The number of amides is 1. The number of aromatic hydroxyl groups is 1. The summed E-state index contributed by atoms with van der Waals surface area (Å²) in [5.41, 5.74) is 6.59. The van der Waals surface area contributed by atoms with Crippen LogP contribution < -0.4 is 11.1 Å².